The molecule has 0 aliphatic rings. The first-order chi connectivity index (χ1) is 18.8. The minimum Gasteiger partial charge on any atom is -0.309 e. The molecule has 0 unspecified atom stereocenters. The van der Waals surface area contributed by atoms with E-state index in [9.17, 15) is 0 Å². The van der Waals surface area contributed by atoms with E-state index >= 15 is 0 Å². The van der Waals surface area contributed by atoms with Crippen LogP contribution in [0.5, 0.6) is 0 Å². The summed E-state index contributed by atoms with van der Waals surface area (Å²) in [6, 6.07) is 51.5. The molecule has 7 aromatic rings. The highest BCUT2D eigenvalue weighted by Crippen LogP contribution is 2.42. The van der Waals surface area contributed by atoms with Crippen molar-refractivity contribution in [2.45, 2.75) is 0 Å². The summed E-state index contributed by atoms with van der Waals surface area (Å²) in [5, 5.41) is 3.24. The first-order valence-electron chi connectivity index (χ1n) is 12.8. The fraction of sp³-hybridized carbons (Fsp3) is 0. The van der Waals surface area contributed by atoms with Gasteiger partial charge in [0.15, 0.2) is 0 Å². The topological polar surface area (TPSA) is 4.93 Å². The molecule has 0 saturated heterocycles. The van der Waals surface area contributed by atoms with Crippen molar-refractivity contribution in [3.05, 3.63) is 151 Å². The van der Waals surface area contributed by atoms with Gasteiger partial charge in [0.2, 0.25) is 0 Å². The Bertz CT molecular complexity index is 1900. The van der Waals surface area contributed by atoms with Crippen LogP contribution < -0.4 is 0 Å². The summed E-state index contributed by atoms with van der Waals surface area (Å²) in [5.74, 6) is 0. The molecule has 0 spiro atoms. The zero-order chi connectivity index (χ0) is 25.5. The van der Waals surface area contributed by atoms with Crippen LogP contribution in [0.15, 0.2) is 146 Å². The van der Waals surface area contributed by atoms with Crippen LogP contribution >= 0.6 is 11.6 Å². The minimum absolute atomic E-state index is 0.739. The number of hydrogen-bond donors (Lipinski definition) is 0. The zero-order valence-electron chi connectivity index (χ0n) is 20.7. The van der Waals surface area contributed by atoms with Crippen molar-refractivity contribution in [2.24, 2.45) is 0 Å². The van der Waals surface area contributed by atoms with Crippen molar-refractivity contribution in [3.63, 3.8) is 0 Å². The average Bonchev–Trinajstić information content (AvgIpc) is 3.32. The molecule has 0 aliphatic carbocycles. The van der Waals surface area contributed by atoms with Crippen LogP contribution in [-0.4, -0.2) is 4.57 Å². The third-order valence-electron chi connectivity index (χ3n) is 7.26. The third-order valence-corrected chi connectivity index (χ3v) is 7.52. The molecule has 38 heavy (non-hydrogen) atoms. The molecule has 6 aromatic carbocycles. The highest BCUT2D eigenvalue weighted by molar-refractivity contribution is 6.30. The highest BCUT2D eigenvalue weighted by Gasteiger charge is 2.19. The molecule has 7 rings (SSSR count). The fourth-order valence-electron chi connectivity index (χ4n) is 5.54. The number of rotatable bonds is 4. The number of fused-ring (bicyclic) bond motifs is 3. The number of aromatic nitrogens is 1. The Kier molecular flexibility index (Phi) is 5.57. The standard InChI is InChI=1S/C36H24ClN/c37-29-21-19-27(20-22-29)30-15-7-9-17-33(30)38-34-18-10-8-16-31(34)36-32(26-13-5-2-6-14-26)23-28(24-35(36)38)25-11-3-1-4-12-25/h1-24H. The second kappa shape index (κ2) is 9.37. The summed E-state index contributed by atoms with van der Waals surface area (Å²) in [6.07, 6.45) is 0. The van der Waals surface area contributed by atoms with Gasteiger partial charge in [-0.2, -0.15) is 0 Å². The lowest BCUT2D eigenvalue weighted by atomic mass is 9.94. The summed E-state index contributed by atoms with van der Waals surface area (Å²) < 4.78 is 2.42. The Morgan fingerprint density at radius 1 is 0.421 bits per heavy atom. The van der Waals surface area contributed by atoms with E-state index in [4.69, 9.17) is 11.6 Å². The van der Waals surface area contributed by atoms with E-state index in [0.29, 0.717) is 0 Å². The summed E-state index contributed by atoms with van der Waals surface area (Å²) in [7, 11) is 0. The molecule has 0 atom stereocenters. The molecule has 0 saturated carbocycles. The minimum atomic E-state index is 0.739. The van der Waals surface area contributed by atoms with Gasteiger partial charge in [0.25, 0.3) is 0 Å². The molecular weight excluding hydrogens is 482 g/mol. The lowest BCUT2D eigenvalue weighted by Gasteiger charge is -2.15. The van der Waals surface area contributed by atoms with Gasteiger partial charge in [-0.3, -0.25) is 0 Å². The molecule has 0 fully saturated rings. The largest absolute Gasteiger partial charge is 0.309 e. The normalized spacial score (nSPS) is 11.3. The molecule has 0 aliphatic heterocycles. The van der Waals surface area contributed by atoms with Crippen LogP contribution in [0.1, 0.15) is 0 Å². The third kappa shape index (κ3) is 3.80. The van der Waals surface area contributed by atoms with Gasteiger partial charge in [0.05, 0.1) is 16.7 Å². The molecule has 0 radical (unpaired) electrons. The predicted molar refractivity (Wildman–Crippen MR) is 162 cm³/mol. The van der Waals surface area contributed by atoms with Gasteiger partial charge >= 0.3 is 0 Å². The maximum Gasteiger partial charge on any atom is 0.0553 e. The van der Waals surface area contributed by atoms with Gasteiger partial charge in [0, 0.05) is 21.4 Å². The number of nitrogens with zero attached hydrogens (tertiary/aromatic N) is 1. The van der Waals surface area contributed by atoms with E-state index in [1.165, 1.54) is 44.1 Å². The second-order valence-corrected chi connectivity index (χ2v) is 9.96. The smallest absolute Gasteiger partial charge is 0.0553 e. The highest BCUT2D eigenvalue weighted by atomic mass is 35.5. The Morgan fingerprint density at radius 2 is 1.03 bits per heavy atom. The molecular formula is C36H24ClN. The molecule has 0 N–H and O–H groups in total. The number of halogens is 1. The predicted octanol–water partition coefficient (Wildman–Crippen LogP) is 10.4. The van der Waals surface area contributed by atoms with Gasteiger partial charge in [-0.15, -0.1) is 0 Å². The Hall–Kier alpha value is -4.59. The van der Waals surface area contributed by atoms with Crippen molar-refractivity contribution in [2.75, 3.05) is 0 Å². The van der Waals surface area contributed by atoms with Crippen molar-refractivity contribution in [1.82, 2.24) is 4.57 Å². The summed E-state index contributed by atoms with van der Waals surface area (Å²) in [6.45, 7) is 0. The molecule has 0 bridgehead atoms. The maximum atomic E-state index is 6.24. The first kappa shape index (κ1) is 22.6. The van der Waals surface area contributed by atoms with Crippen LogP contribution in [0.2, 0.25) is 5.02 Å². The number of para-hydroxylation sites is 2. The van der Waals surface area contributed by atoms with Crippen molar-refractivity contribution in [1.29, 1.82) is 0 Å². The molecule has 1 nitrogen and oxygen atoms in total. The lowest BCUT2D eigenvalue weighted by molar-refractivity contribution is 1.18. The van der Waals surface area contributed by atoms with Gasteiger partial charge in [-0.05, 0) is 64.2 Å². The first-order valence-corrected chi connectivity index (χ1v) is 13.2. The number of hydrogen-bond acceptors (Lipinski definition) is 0. The maximum absolute atomic E-state index is 6.24. The van der Waals surface area contributed by atoms with Gasteiger partial charge in [-0.25, -0.2) is 0 Å². The number of benzene rings is 6. The Labute approximate surface area is 227 Å². The summed E-state index contributed by atoms with van der Waals surface area (Å²) in [5.41, 5.74) is 10.7. The Morgan fingerprint density at radius 3 is 1.79 bits per heavy atom. The summed E-state index contributed by atoms with van der Waals surface area (Å²) in [4.78, 5) is 0. The van der Waals surface area contributed by atoms with E-state index in [-0.39, 0.29) is 0 Å². The van der Waals surface area contributed by atoms with E-state index in [1.807, 2.05) is 12.1 Å². The molecule has 180 valence electrons. The van der Waals surface area contributed by atoms with Crippen LogP contribution in [0, 0.1) is 0 Å². The van der Waals surface area contributed by atoms with Gasteiger partial charge in [0.1, 0.15) is 0 Å². The quantitative estimate of drug-likeness (QED) is 0.224. The molecule has 1 heterocycles. The van der Waals surface area contributed by atoms with Crippen molar-refractivity contribution in [3.8, 4) is 39.1 Å². The summed E-state index contributed by atoms with van der Waals surface area (Å²) >= 11 is 6.24. The molecule has 0 amide bonds. The van der Waals surface area contributed by atoms with E-state index < -0.39 is 0 Å². The van der Waals surface area contributed by atoms with Crippen molar-refractivity contribution >= 4 is 33.4 Å². The van der Waals surface area contributed by atoms with E-state index in [2.05, 4.69) is 138 Å². The van der Waals surface area contributed by atoms with Gasteiger partial charge < -0.3 is 4.57 Å². The SMILES string of the molecule is Clc1ccc(-c2ccccc2-n2c3ccccc3c3c(-c4ccccc4)cc(-c4ccccc4)cc32)cc1. The van der Waals surface area contributed by atoms with Gasteiger partial charge in [-0.1, -0.05) is 121 Å². The fourth-order valence-corrected chi connectivity index (χ4v) is 5.67. The van der Waals surface area contributed by atoms with E-state index in [0.717, 1.165) is 21.8 Å². The van der Waals surface area contributed by atoms with Crippen molar-refractivity contribution < 1.29 is 0 Å². The zero-order valence-corrected chi connectivity index (χ0v) is 21.4. The second-order valence-electron chi connectivity index (χ2n) is 9.53. The average molecular weight is 506 g/mol. The molecule has 1 aromatic heterocycles. The van der Waals surface area contributed by atoms with Crippen LogP contribution in [-0.2, 0) is 0 Å². The van der Waals surface area contributed by atoms with Crippen LogP contribution in [0.3, 0.4) is 0 Å². The van der Waals surface area contributed by atoms with Crippen LogP contribution in [0.4, 0.5) is 0 Å². The van der Waals surface area contributed by atoms with E-state index in [1.54, 1.807) is 0 Å². The Balaban J connectivity index is 1.63. The lowest BCUT2D eigenvalue weighted by Crippen LogP contribution is -1.97. The monoisotopic (exact) mass is 505 g/mol. The van der Waals surface area contributed by atoms with Crippen LogP contribution in [0.25, 0.3) is 60.9 Å². The molecule has 2 heteroatoms.